The summed E-state index contributed by atoms with van der Waals surface area (Å²) in [5.74, 6) is 0.0416. The molecule has 1 aromatic carbocycles. The highest BCUT2D eigenvalue weighted by Crippen LogP contribution is 2.36. The summed E-state index contributed by atoms with van der Waals surface area (Å²) in [6.07, 6.45) is 1.58. The number of carbonyl (C=O) groups excluding carboxylic acids is 1. The molecule has 1 aliphatic rings. The second-order valence-electron chi connectivity index (χ2n) is 4.59. The zero-order valence-corrected chi connectivity index (χ0v) is 11.5. The molecular formula is C14H18ClNO2. The van der Waals surface area contributed by atoms with Gasteiger partial charge in [-0.15, -0.1) is 0 Å². The molecule has 1 aromatic rings. The van der Waals surface area contributed by atoms with Crippen LogP contribution in [0.3, 0.4) is 0 Å². The van der Waals surface area contributed by atoms with Gasteiger partial charge in [-0.1, -0.05) is 29.8 Å². The van der Waals surface area contributed by atoms with Gasteiger partial charge in [0, 0.05) is 18.7 Å². The summed E-state index contributed by atoms with van der Waals surface area (Å²) in [4.78, 5) is 14.1. The van der Waals surface area contributed by atoms with Crippen molar-refractivity contribution in [3.63, 3.8) is 0 Å². The normalized spacial score (nSPS) is 21.1. The van der Waals surface area contributed by atoms with E-state index in [2.05, 4.69) is 0 Å². The molecule has 1 saturated heterocycles. The summed E-state index contributed by atoms with van der Waals surface area (Å²) < 4.78 is 5.11. The lowest BCUT2D eigenvalue weighted by Crippen LogP contribution is -2.38. The maximum Gasteiger partial charge on any atom is 0.251 e. The van der Waals surface area contributed by atoms with Crippen molar-refractivity contribution < 1.29 is 9.53 Å². The van der Waals surface area contributed by atoms with Crippen LogP contribution in [0.4, 0.5) is 0 Å². The molecule has 1 amide bonds. The van der Waals surface area contributed by atoms with E-state index in [9.17, 15) is 4.79 Å². The van der Waals surface area contributed by atoms with Crippen LogP contribution in [-0.4, -0.2) is 30.6 Å². The molecule has 2 unspecified atom stereocenters. The monoisotopic (exact) mass is 267 g/mol. The number of nitrogens with zero attached hydrogens (tertiary/aromatic N) is 1. The Morgan fingerprint density at radius 1 is 1.50 bits per heavy atom. The minimum Gasteiger partial charge on any atom is -0.372 e. The van der Waals surface area contributed by atoms with E-state index in [1.807, 2.05) is 29.2 Å². The fourth-order valence-electron chi connectivity index (χ4n) is 2.43. The molecule has 0 spiro atoms. The lowest BCUT2D eigenvalue weighted by molar-refractivity contribution is -0.141. The molecule has 2 rings (SSSR count). The second kappa shape index (κ2) is 5.72. The predicted octanol–water partition coefficient (Wildman–Crippen LogP) is 3.04. The lowest BCUT2D eigenvalue weighted by atomic mass is 10.0. The Hall–Kier alpha value is -1.06. The largest absolute Gasteiger partial charge is 0.372 e. The number of rotatable bonds is 3. The second-order valence-corrected chi connectivity index (χ2v) is 5.00. The summed E-state index contributed by atoms with van der Waals surface area (Å²) in [6, 6.07) is 7.82. The third-order valence-corrected chi connectivity index (χ3v) is 3.85. The first-order valence-electron chi connectivity index (χ1n) is 6.23. The van der Waals surface area contributed by atoms with E-state index in [0.29, 0.717) is 0 Å². The van der Waals surface area contributed by atoms with Crippen molar-refractivity contribution in [3.05, 3.63) is 34.9 Å². The molecule has 4 heteroatoms. The Balaban J connectivity index is 2.23. The maximum atomic E-state index is 12.2. The van der Waals surface area contributed by atoms with Gasteiger partial charge in [0.2, 0.25) is 0 Å². The van der Waals surface area contributed by atoms with E-state index in [1.54, 1.807) is 14.0 Å². The number of hydrogen-bond donors (Lipinski definition) is 0. The average Bonchev–Trinajstić information content (AvgIpc) is 2.86. The molecule has 2 atom stereocenters. The van der Waals surface area contributed by atoms with Crippen LogP contribution in [0.2, 0.25) is 5.02 Å². The number of amides is 1. The molecule has 1 aliphatic heterocycles. The van der Waals surface area contributed by atoms with Crippen LogP contribution in [0.1, 0.15) is 31.4 Å². The lowest BCUT2D eigenvalue weighted by Gasteiger charge is -2.27. The van der Waals surface area contributed by atoms with Crippen molar-refractivity contribution in [2.45, 2.75) is 31.9 Å². The fraction of sp³-hybridized carbons (Fsp3) is 0.500. The molecule has 1 fully saturated rings. The first-order chi connectivity index (χ1) is 8.65. The van der Waals surface area contributed by atoms with Gasteiger partial charge in [-0.05, 0) is 31.4 Å². The molecule has 18 heavy (non-hydrogen) atoms. The van der Waals surface area contributed by atoms with E-state index >= 15 is 0 Å². The molecule has 98 valence electrons. The Labute approximate surface area is 113 Å². The minimum atomic E-state index is -0.395. The third-order valence-electron chi connectivity index (χ3n) is 3.50. The molecule has 0 aromatic heterocycles. The minimum absolute atomic E-state index is 0.0416. The topological polar surface area (TPSA) is 29.5 Å². The van der Waals surface area contributed by atoms with Gasteiger partial charge in [0.25, 0.3) is 5.91 Å². The molecule has 0 N–H and O–H groups in total. The smallest absolute Gasteiger partial charge is 0.251 e. The first kappa shape index (κ1) is 13.4. The zero-order valence-electron chi connectivity index (χ0n) is 10.7. The molecular weight excluding hydrogens is 250 g/mol. The number of carbonyl (C=O) groups is 1. The first-order valence-corrected chi connectivity index (χ1v) is 6.60. The van der Waals surface area contributed by atoms with Crippen LogP contribution in [0, 0.1) is 0 Å². The van der Waals surface area contributed by atoms with Crippen molar-refractivity contribution in [2.24, 2.45) is 0 Å². The van der Waals surface area contributed by atoms with Crippen LogP contribution in [0.15, 0.2) is 24.3 Å². The van der Waals surface area contributed by atoms with E-state index in [1.165, 1.54) is 0 Å². The highest BCUT2D eigenvalue weighted by Gasteiger charge is 2.33. The Morgan fingerprint density at radius 2 is 2.22 bits per heavy atom. The molecule has 0 radical (unpaired) electrons. The number of halogens is 1. The fourth-order valence-corrected chi connectivity index (χ4v) is 2.70. The summed E-state index contributed by atoms with van der Waals surface area (Å²) in [6.45, 7) is 2.56. The van der Waals surface area contributed by atoms with E-state index in [0.717, 1.165) is 30.0 Å². The highest BCUT2D eigenvalue weighted by atomic mass is 35.5. The Kier molecular flexibility index (Phi) is 4.25. The van der Waals surface area contributed by atoms with Gasteiger partial charge in [-0.2, -0.15) is 0 Å². The molecule has 0 saturated carbocycles. The number of benzene rings is 1. The standard InChI is InChI=1S/C14H18ClNO2/c1-10(18-2)14(17)16-9-5-8-13(16)11-6-3-4-7-12(11)15/h3-4,6-7,10,13H,5,8-9H2,1-2H3. The number of likely N-dealkylation sites (tertiary alicyclic amines) is 1. The summed E-state index contributed by atoms with van der Waals surface area (Å²) in [5, 5.41) is 0.729. The molecule has 1 heterocycles. The summed E-state index contributed by atoms with van der Waals surface area (Å²) >= 11 is 6.22. The molecule has 0 aliphatic carbocycles. The van der Waals surface area contributed by atoms with Gasteiger partial charge in [0.05, 0.1) is 6.04 Å². The summed E-state index contributed by atoms with van der Waals surface area (Å²) in [7, 11) is 1.56. The Bertz CT molecular complexity index is 436. The van der Waals surface area contributed by atoms with Gasteiger partial charge in [-0.3, -0.25) is 4.79 Å². The predicted molar refractivity (Wildman–Crippen MR) is 71.6 cm³/mol. The summed E-state index contributed by atoms with van der Waals surface area (Å²) in [5.41, 5.74) is 1.04. The van der Waals surface area contributed by atoms with Crippen LogP contribution in [-0.2, 0) is 9.53 Å². The van der Waals surface area contributed by atoms with Gasteiger partial charge in [0.1, 0.15) is 6.10 Å². The van der Waals surface area contributed by atoms with Crippen LogP contribution < -0.4 is 0 Å². The van der Waals surface area contributed by atoms with Gasteiger partial charge < -0.3 is 9.64 Å². The number of hydrogen-bond acceptors (Lipinski definition) is 2. The maximum absolute atomic E-state index is 12.2. The third kappa shape index (κ3) is 2.52. The quantitative estimate of drug-likeness (QED) is 0.842. The number of methoxy groups -OCH3 is 1. The van der Waals surface area contributed by atoms with E-state index in [-0.39, 0.29) is 11.9 Å². The number of ether oxygens (including phenoxy) is 1. The van der Waals surface area contributed by atoms with Crippen LogP contribution in [0.5, 0.6) is 0 Å². The van der Waals surface area contributed by atoms with Crippen molar-refractivity contribution in [2.75, 3.05) is 13.7 Å². The van der Waals surface area contributed by atoms with E-state index < -0.39 is 6.10 Å². The molecule has 0 bridgehead atoms. The zero-order chi connectivity index (χ0) is 13.1. The highest BCUT2D eigenvalue weighted by molar-refractivity contribution is 6.31. The van der Waals surface area contributed by atoms with Crippen LogP contribution in [0.25, 0.3) is 0 Å². The van der Waals surface area contributed by atoms with Crippen molar-refractivity contribution in [1.29, 1.82) is 0 Å². The van der Waals surface area contributed by atoms with E-state index in [4.69, 9.17) is 16.3 Å². The Morgan fingerprint density at radius 3 is 2.89 bits per heavy atom. The van der Waals surface area contributed by atoms with Gasteiger partial charge in [-0.25, -0.2) is 0 Å². The van der Waals surface area contributed by atoms with Crippen molar-refractivity contribution in [1.82, 2.24) is 4.90 Å². The van der Waals surface area contributed by atoms with Gasteiger partial charge in [0.15, 0.2) is 0 Å². The van der Waals surface area contributed by atoms with Gasteiger partial charge >= 0.3 is 0 Å². The SMILES string of the molecule is COC(C)C(=O)N1CCCC1c1ccccc1Cl. The van der Waals surface area contributed by atoms with Crippen molar-refractivity contribution >= 4 is 17.5 Å². The van der Waals surface area contributed by atoms with Crippen LogP contribution >= 0.6 is 11.6 Å². The molecule has 3 nitrogen and oxygen atoms in total. The average molecular weight is 268 g/mol. The van der Waals surface area contributed by atoms with Crippen molar-refractivity contribution in [3.8, 4) is 0 Å².